The zero-order valence-corrected chi connectivity index (χ0v) is 15.0. The Bertz CT molecular complexity index is 685. The highest BCUT2D eigenvalue weighted by molar-refractivity contribution is 5.94. The van der Waals surface area contributed by atoms with Crippen LogP contribution in [0.5, 0.6) is 17.2 Å². The number of hydrogen-bond acceptors (Lipinski definition) is 4. The van der Waals surface area contributed by atoms with Gasteiger partial charge in [0.1, 0.15) is 5.75 Å². The van der Waals surface area contributed by atoms with Crippen molar-refractivity contribution in [1.29, 1.82) is 0 Å². The van der Waals surface area contributed by atoms with E-state index in [2.05, 4.69) is 10.6 Å². The van der Waals surface area contributed by atoms with Crippen LogP contribution in [0.4, 0.5) is 5.69 Å². The van der Waals surface area contributed by atoms with E-state index in [-0.39, 0.29) is 24.4 Å². The molecule has 1 saturated heterocycles. The Hall–Kier alpha value is -2.24. The van der Waals surface area contributed by atoms with Gasteiger partial charge in [0.15, 0.2) is 11.5 Å². The van der Waals surface area contributed by atoms with Gasteiger partial charge in [0.25, 0.3) is 0 Å². The third-order valence-corrected chi connectivity index (χ3v) is 4.05. The Balaban J connectivity index is 0.00000225. The molecule has 134 valence electrons. The first-order valence-electron chi connectivity index (χ1n) is 8.21. The molecular formula is C19H23ClN2O3. The topological polar surface area (TPSA) is 59.6 Å². The second-order valence-corrected chi connectivity index (χ2v) is 5.77. The molecule has 0 saturated carbocycles. The van der Waals surface area contributed by atoms with E-state index in [0.29, 0.717) is 17.2 Å². The first-order chi connectivity index (χ1) is 11.8. The highest BCUT2D eigenvalue weighted by Gasteiger charge is 2.20. The third-order valence-electron chi connectivity index (χ3n) is 4.05. The Morgan fingerprint density at radius 3 is 2.44 bits per heavy atom. The van der Waals surface area contributed by atoms with Crippen LogP contribution < -0.4 is 20.1 Å². The Kier molecular flexibility index (Phi) is 7.10. The van der Waals surface area contributed by atoms with E-state index in [1.54, 1.807) is 7.11 Å². The van der Waals surface area contributed by atoms with Crippen LogP contribution >= 0.6 is 12.4 Å². The van der Waals surface area contributed by atoms with Crippen LogP contribution in [-0.4, -0.2) is 25.6 Å². The van der Waals surface area contributed by atoms with Crippen LogP contribution in [0.2, 0.25) is 0 Å². The van der Waals surface area contributed by atoms with Gasteiger partial charge in [-0.3, -0.25) is 4.79 Å². The molecule has 25 heavy (non-hydrogen) atoms. The van der Waals surface area contributed by atoms with Gasteiger partial charge in [0.2, 0.25) is 5.91 Å². The van der Waals surface area contributed by atoms with Crippen molar-refractivity contribution in [2.45, 2.75) is 25.3 Å². The Labute approximate surface area is 154 Å². The van der Waals surface area contributed by atoms with Gasteiger partial charge in [0, 0.05) is 5.69 Å². The fourth-order valence-electron chi connectivity index (χ4n) is 2.74. The standard InChI is InChI=1S/C19H22N2O3.ClH/c1-23-17-7-2-3-8-18(17)24-15-11-9-14(10-12-15)21-19(22)16-6-4-5-13-20-16;/h2-3,7-12,16,20H,4-6,13H2,1H3,(H,21,22);1H/t16-;/m0./s1. The molecule has 0 spiro atoms. The number of halogens is 1. The molecule has 0 unspecified atom stereocenters. The predicted molar refractivity (Wildman–Crippen MR) is 101 cm³/mol. The first-order valence-corrected chi connectivity index (χ1v) is 8.21. The lowest BCUT2D eigenvalue weighted by Crippen LogP contribution is -2.43. The van der Waals surface area contributed by atoms with Crippen LogP contribution in [0.15, 0.2) is 48.5 Å². The summed E-state index contributed by atoms with van der Waals surface area (Å²) >= 11 is 0. The van der Waals surface area contributed by atoms with Crippen molar-refractivity contribution >= 4 is 24.0 Å². The number of rotatable bonds is 5. The van der Waals surface area contributed by atoms with Gasteiger partial charge in [-0.05, 0) is 55.8 Å². The lowest BCUT2D eigenvalue weighted by Gasteiger charge is -2.22. The zero-order valence-electron chi connectivity index (χ0n) is 14.2. The minimum atomic E-state index is -0.0942. The van der Waals surface area contributed by atoms with Crippen molar-refractivity contribution in [3.63, 3.8) is 0 Å². The highest BCUT2D eigenvalue weighted by Crippen LogP contribution is 2.31. The number of carbonyl (C=O) groups is 1. The van der Waals surface area contributed by atoms with Gasteiger partial charge in [-0.25, -0.2) is 0 Å². The minimum absolute atomic E-state index is 0. The molecule has 0 aliphatic carbocycles. The van der Waals surface area contributed by atoms with Crippen molar-refractivity contribution in [2.24, 2.45) is 0 Å². The monoisotopic (exact) mass is 362 g/mol. The van der Waals surface area contributed by atoms with E-state index in [1.165, 1.54) is 0 Å². The normalized spacial score (nSPS) is 16.4. The number of hydrogen-bond donors (Lipinski definition) is 2. The molecule has 0 bridgehead atoms. The van der Waals surface area contributed by atoms with Gasteiger partial charge in [-0.2, -0.15) is 0 Å². The smallest absolute Gasteiger partial charge is 0.241 e. The van der Waals surface area contributed by atoms with E-state index in [9.17, 15) is 4.79 Å². The van der Waals surface area contributed by atoms with Crippen LogP contribution in [-0.2, 0) is 4.79 Å². The van der Waals surface area contributed by atoms with Crippen molar-refractivity contribution in [3.8, 4) is 17.2 Å². The SMILES string of the molecule is COc1ccccc1Oc1ccc(NC(=O)[C@@H]2CCCCN2)cc1.Cl. The average molecular weight is 363 g/mol. The fourth-order valence-corrected chi connectivity index (χ4v) is 2.74. The molecular weight excluding hydrogens is 340 g/mol. The fraction of sp³-hybridized carbons (Fsp3) is 0.316. The molecule has 2 aromatic carbocycles. The Morgan fingerprint density at radius 2 is 1.80 bits per heavy atom. The Morgan fingerprint density at radius 1 is 1.08 bits per heavy atom. The summed E-state index contributed by atoms with van der Waals surface area (Å²) < 4.78 is 11.1. The van der Waals surface area contributed by atoms with Crippen molar-refractivity contribution in [1.82, 2.24) is 5.32 Å². The van der Waals surface area contributed by atoms with Crippen molar-refractivity contribution < 1.29 is 14.3 Å². The predicted octanol–water partition coefficient (Wildman–Crippen LogP) is 3.99. The number of methoxy groups -OCH3 is 1. The average Bonchev–Trinajstić information content (AvgIpc) is 2.64. The number of benzene rings is 2. The van der Waals surface area contributed by atoms with Crippen LogP contribution in [0, 0.1) is 0 Å². The number of anilines is 1. The van der Waals surface area contributed by atoms with Crippen LogP contribution in [0.25, 0.3) is 0 Å². The molecule has 1 aliphatic heterocycles. The number of nitrogens with one attached hydrogen (secondary N) is 2. The summed E-state index contributed by atoms with van der Waals surface area (Å²) in [7, 11) is 1.61. The lowest BCUT2D eigenvalue weighted by atomic mass is 10.0. The maximum Gasteiger partial charge on any atom is 0.241 e. The summed E-state index contributed by atoms with van der Waals surface area (Å²) in [5, 5.41) is 6.19. The largest absolute Gasteiger partial charge is 0.493 e. The van der Waals surface area contributed by atoms with Crippen molar-refractivity contribution in [2.75, 3.05) is 19.0 Å². The van der Waals surface area contributed by atoms with E-state index in [1.807, 2.05) is 48.5 Å². The van der Waals surface area contributed by atoms with E-state index in [0.717, 1.165) is 31.5 Å². The second kappa shape index (κ2) is 9.30. The minimum Gasteiger partial charge on any atom is -0.493 e. The second-order valence-electron chi connectivity index (χ2n) is 5.77. The molecule has 1 atom stereocenters. The molecule has 2 aromatic rings. The molecule has 0 aromatic heterocycles. The molecule has 3 rings (SSSR count). The molecule has 1 fully saturated rings. The lowest BCUT2D eigenvalue weighted by molar-refractivity contribution is -0.118. The van der Waals surface area contributed by atoms with Crippen LogP contribution in [0.3, 0.4) is 0 Å². The number of piperidine rings is 1. The maximum absolute atomic E-state index is 12.2. The molecule has 6 heteroatoms. The maximum atomic E-state index is 12.2. The van der Waals surface area contributed by atoms with Gasteiger partial charge in [-0.15, -0.1) is 12.4 Å². The number of ether oxygens (including phenoxy) is 2. The number of carbonyl (C=O) groups excluding carboxylic acids is 1. The molecule has 1 aliphatic rings. The van der Waals surface area contributed by atoms with Gasteiger partial charge >= 0.3 is 0 Å². The van der Waals surface area contributed by atoms with Gasteiger partial charge in [-0.1, -0.05) is 18.6 Å². The highest BCUT2D eigenvalue weighted by atomic mass is 35.5. The quantitative estimate of drug-likeness (QED) is 0.844. The summed E-state index contributed by atoms with van der Waals surface area (Å²) in [6, 6.07) is 14.7. The van der Waals surface area contributed by atoms with Crippen LogP contribution in [0.1, 0.15) is 19.3 Å². The van der Waals surface area contributed by atoms with Gasteiger partial charge in [0.05, 0.1) is 13.2 Å². The summed E-state index contributed by atoms with van der Waals surface area (Å²) in [6.07, 6.45) is 3.12. The summed E-state index contributed by atoms with van der Waals surface area (Å²) in [5.41, 5.74) is 0.764. The molecule has 1 heterocycles. The van der Waals surface area contributed by atoms with Gasteiger partial charge < -0.3 is 20.1 Å². The first kappa shape index (κ1) is 19.1. The molecule has 2 N–H and O–H groups in total. The number of amides is 1. The van der Waals surface area contributed by atoms with E-state index < -0.39 is 0 Å². The zero-order chi connectivity index (χ0) is 16.8. The summed E-state index contributed by atoms with van der Waals surface area (Å²) in [5.74, 6) is 2.04. The van der Waals surface area contributed by atoms with E-state index in [4.69, 9.17) is 9.47 Å². The molecule has 0 radical (unpaired) electrons. The molecule has 1 amide bonds. The summed E-state index contributed by atoms with van der Waals surface area (Å²) in [6.45, 7) is 0.907. The van der Waals surface area contributed by atoms with Crippen molar-refractivity contribution in [3.05, 3.63) is 48.5 Å². The summed E-state index contributed by atoms with van der Waals surface area (Å²) in [4.78, 5) is 12.2. The number of para-hydroxylation sites is 2. The molecule has 5 nitrogen and oxygen atoms in total. The van der Waals surface area contributed by atoms with E-state index >= 15 is 0 Å². The third kappa shape index (κ3) is 5.11.